The fourth-order valence-corrected chi connectivity index (χ4v) is 3.37. The summed E-state index contributed by atoms with van der Waals surface area (Å²) < 4.78 is 0. The average Bonchev–Trinajstić information content (AvgIpc) is 3.11. The Morgan fingerprint density at radius 3 is 2.00 bits per heavy atom. The SMILES string of the molecule is CCCCCCCCCCCCCCCC(=O)c1nc2ncnc(O)c2[nH]1. The lowest BCUT2D eigenvalue weighted by Crippen LogP contribution is -2.01. The Balaban J connectivity index is 1.48. The maximum Gasteiger partial charge on any atom is 0.240 e. The summed E-state index contributed by atoms with van der Waals surface area (Å²) in [5.41, 5.74) is 0.655. The number of Topliss-reactive ketones (excluding diaryl/α,β-unsaturated/α-hetero) is 1. The summed E-state index contributed by atoms with van der Waals surface area (Å²) in [7, 11) is 0. The van der Waals surface area contributed by atoms with Crippen LogP contribution in [0.4, 0.5) is 0 Å². The molecule has 150 valence electrons. The Hall–Kier alpha value is -1.98. The first-order valence-corrected chi connectivity index (χ1v) is 10.6. The highest BCUT2D eigenvalue weighted by atomic mass is 16.3. The minimum Gasteiger partial charge on any atom is -0.492 e. The lowest BCUT2D eigenvalue weighted by Gasteiger charge is -2.03. The van der Waals surface area contributed by atoms with Gasteiger partial charge in [0, 0.05) is 6.42 Å². The molecule has 0 amide bonds. The summed E-state index contributed by atoms with van der Waals surface area (Å²) in [6.07, 6.45) is 18.4. The van der Waals surface area contributed by atoms with Crippen LogP contribution in [0.2, 0.25) is 0 Å². The molecule has 2 N–H and O–H groups in total. The van der Waals surface area contributed by atoms with E-state index in [0.717, 1.165) is 12.8 Å². The number of carbonyl (C=O) groups is 1. The molecule has 0 atom stereocenters. The van der Waals surface area contributed by atoms with Gasteiger partial charge in [0.05, 0.1) is 0 Å². The number of aromatic hydroxyl groups is 1. The number of hydrogen-bond acceptors (Lipinski definition) is 5. The van der Waals surface area contributed by atoms with Crippen LogP contribution in [0.5, 0.6) is 5.88 Å². The summed E-state index contributed by atoms with van der Waals surface area (Å²) in [5.74, 6) is 0.0581. The Morgan fingerprint density at radius 1 is 0.889 bits per heavy atom. The first-order valence-electron chi connectivity index (χ1n) is 10.6. The molecule has 0 saturated heterocycles. The topological polar surface area (TPSA) is 91.8 Å². The number of hydrogen-bond donors (Lipinski definition) is 2. The van der Waals surface area contributed by atoms with Gasteiger partial charge in [-0.15, -0.1) is 0 Å². The van der Waals surface area contributed by atoms with Crippen molar-refractivity contribution in [1.82, 2.24) is 19.9 Å². The van der Waals surface area contributed by atoms with Gasteiger partial charge in [0.25, 0.3) is 0 Å². The van der Waals surface area contributed by atoms with Crippen molar-refractivity contribution in [1.29, 1.82) is 0 Å². The maximum absolute atomic E-state index is 12.2. The lowest BCUT2D eigenvalue weighted by atomic mass is 10.0. The maximum atomic E-state index is 12.2. The largest absolute Gasteiger partial charge is 0.492 e. The van der Waals surface area contributed by atoms with Crippen molar-refractivity contribution < 1.29 is 9.90 Å². The van der Waals surface area contributed by atoms with Gasteiger partial charge in [0.15, 0.2) is 17.3 Å². The van der Waals surface area contributed by atoms with E-state index in [1.165, 1.54) is 77.0 Å². The second kappa shape index (κ2) is 12.4. The van der Waals surface area contributed by atoms with Gasteiger partial charge in [-0.2, -0.15) is 4.98 Å². The van der Waals surface area contributed by atoms with Gasteiger partial charge in [0.2, 0.25) is 5.88 Å². The van der Waals surface area contributed by atoms with Crippen LogP contribution in [0.3, 0.4) is 0 Å². The van der Waals surface area contributed by atoms with Gasteiger partial charge in [0.1, 0.15) is 11.8 Å². The van der Waals surface area contributed by atoms with Gasteiger partial charge in [-0.25, -0.2) is 9.97 Å². The van der Waals surface area contributed by atoms with Crippen LogP contribution >= 0.6 is 0 Å². The summed E-state index contributed by atoms with van der Waals surface area (Å²) in [5, 5.41) is 9.63. The highest BCUT2D eigenvalue weighted by Gasteiger charge is 2.14. The highest BCUT2D eigenvalue weighted by Crippen LogP contribution is 2.18. The fourth-order valence-electron chi connectivity index (χ4n) is 3.37. The molecule has 0 aliphatic carbocycles. The van der Waals surface area contributed by atoms with Crippen LogP contribution in [0.1, 0.15) is 107 Å². The molecule has 0 radical (unpaired) electrons. The number of carbonyl (C=O) groups excluding carboxylic acids is 1. The number of nitrogens with one attached hydrogen (secondary N) is 1. The molecule has 0 aromatic carbocycles. The van der Waals surface area contributed by atoms with Crippen molar-refractivity contribution in [2.75, 3.05) is 0 Å². The number of nitrogens with zero attached hydrogens (tertiary/aromatic N) is 3. The summed E-state index contributed by atoms with van der Waals surface area (Å²) in [6, 6.07) is 0. The van der Waals surface area contributed by atoms with E-state index in [1.54, 1.807) is 0 Å². The van der Waals surface area contributed by atoms with Gasteiger partial charge < -0.3 is 10.1 Å². The van der Waals surface area contributed by atoms with Crippen LogP contribution in [0.25, 0.3) is 11.2 Å². The van der Waals surface area contributed by atoms with E-state index in [0.29, 0.717) is 17.6 Å². The Labute approximate surface area is 162 Å². The van der Waals surface area contributed by atoms with Crippen LogP contribution < -0.4 is 0 Å². The molecule has 0 bridgehead atoms. The Morgan fingerprint density at radius 2 is 1.44 bits per heavy atom. The van der Waals surface area contributed by atoms with E-state index in [4.69, 9.17) is 0 Å². The molecule has 6 heteroatoms. The van der Waals surface area contributed by atoms with Crippen LogP contribution in [0.15, 0.2) is 6.33 Å². The zero-order valence-electron chi connectivity index (χ0n) is 16.7. The molecule has 0 aliphatic heterocycles. The van der Waals surface area contributed by atoms with E-state index < -0.39 is 0 Å². The van der Waals surface area contributed by atoms with E-state index in [9.17, 15) is 9.90 Å². The number of imidazole rings is 1. The molecule has 2 aromatic heterocycles. The van der Waals surface area contributed by atoms with Gasteiger partial charge in [-0.1, -0.05) is 84.0 Å². The van der Waals surface area contributed by atoms with Crippen molar-refractivity contribution in [3.05, 3.63) is 12.2 Å². The third kappa shape index (κ3) is 7.65. The molecule has 2 aromatic rings. The molecule has 6 nitrogen and oxygen atoms in total. The van der Waals surface area contributed by atoms with Gasteiger partial charge in [-0.3, -0.25) is 4.79 Å². The predicted octanol–water partition coefficient (Wildman–Crippen LogP) is 5.72. The van der Waals surface area contributed by atoms with Crippen molar-refractivity contribution in [3.8, 4) is 5.88 Å². The zero-order valence-corrected chi connectivity index (χ0v) is 16.7. The standard InChI is InChI=1S/C21H34N4O2/c1-2-3-4-5-6-7-8-9-10-11-12-13-14-15-17(26)19-24-18-20(25-19)22-16-23-21(18)27/h16H,2-15H2,1H3,(H2,22,23,24,25,27). The van der Waals surface area contributed by atoms with E-state index in [2.05, 4.69) is 26.9 Å². The van der Waals surface area contributed by atoms with E-state index >= 15 is 0 Å². The first kappa shape index (κ1) is 21.3. The normalized spacial score (nSPS) is 11.3. The number of H-pyrrole nitrogens is 1. The molecule has 0 aliphatic rings. The van der Waals surface area contributed by atoms with E-state index in [1.807, 2.05) is 0 Å². The molecular formula is C21H34N4O2. The number of aromatic amines is 1. The zero-order chi connectivity index (χ0) is 19.3. The molecular weight excluding hydrogens is 340 g/mol. The molecule has 0 fully saturated rings. The number of aromatic nitrogens is 4. The Bertz CT molecular complexity index is 684. The number of fused-ring (bicyclic) bond motifs is 1. The monoisotopic (exact) mass is 374 g/mol. The van der Waals surface area contributed by atoms with Crippen molar-refractivity contribution in [3.63, 3.8) is 0 Å². The van der Waals surface area contributed by atoms with Crippen molar-refractivity contribution in [2.24, 2.45) is 0 Å². The highest BCUT2D eigenvalue weighted by molar-refractivity contribution is 5.95. The molecule has 0 unspecified atom stereocenters. The molecule has 0 spiro atoms. The quantitative estimate of drug-likeness (QED) is 0.307. The van der Waals surface area contributed by atoms with Crippen LogP contribution in [0, 0.1) is 0 Å². The van der Waals surface area contributed by atoms with E-state index in [-0.39, 0.29) is 17.5 Å². The fraction of sp³-hybridized carbons (Fsp3) is 0.714. The third-order valence-corrected chi connectivity index (χ3v) is 5.04. The predicted molar refractivity (Wildman–Crippen MR) is 108 cm³/mol. The molecule has 2 rings (SSSR count). The smallest absolute Gasteiger partial charge is 0.240 e. The van der Waals surface area contributed by atoms with Crippen LogP contribution in [-0.2, 0) is 0 Å². The minimum absolute atomic E-state index is 0.0320. The number of rotatable bonds is 15. The first-order chi connectivity index (χ1) is 13.2. The summed E-state index contributed by atoms with van der Waals surface area (Å²) in [6.45, 7) is 2.26. The summed E-state index contributed by atoms with van der Waals surface area (Å²) in [4.78, 5) is 26.8. The average molecular weight is 375 g/mol. The molecule has 2 heterocycles. The number of unbranched alkanes of at least 4 members (excludes halogenated alkanes) is 12. The molecule has 27 heavy (non-hydrogen) atoms. The van der Waals surface area contributed by atoms with Gasteiger partial charge >= 0.3 is 0 Å². The van der Waals surface area contributed by atoms with Crippen LogP contribution in [-0.4, -0.2) is 30.8 Å². The summed E-state index contributed by atoms with van der Waals surface area (Å²) >= 11 is 0. The van der Waals surface area contributed by atoms with Gasteiger partial charge in [-0.05, 0) is 6.42 Å². The van der Waals surface area contributed by atoms with Crippen molar-refractivity contribution in [2.45, 2.75) is 96.8 Å². The second-order valence-corrected chi connectivity index (χ2v) is 7.40. The number of ketones is 1. The lowest BCUT2D eigenvalue weighted by molar-refractivity contribution is 0.0970. The molecule has 0 saturated carbocycles. The van der Waals surface area contributed by atoms with Crippen molar-refractivity contribution >= 4 is 16.9 Å². The second-order valence-electron chi connectivity index (χ2n) is 7.40. The third-order valence-electron chi connectivity index (χ3n) is 5.04. The Kier molecular flexibility index (Phi) is 9.80. The minimum atomic E-state index is -0.174.